The summed E-state index contributed by atoms with van der Waals surface area (Å²) in [6.07, 6.45) is 0. The van der Waals surface area contributed by atoms with E-state index in [2.05, 4.69) is 15.5 Å². The highest BCUT2D eigenvalue weighted by atomic mass is 35.5. The number of rotatable bonds is 6. The smallest absolute Gasteiger partial charge is 0.234 e. The van der Waals surface area contributed by atoms with Crippen molar-refractivity contribution in [3.8, 4) is 11.4 Å². The van der Waals surface area contributed by atoms with Gasteiger partial charge in [-0.25, -0.2) is 0 Å². The summed E-state index contributed by atoms with van der Waals surface area (Å²) in [5.41, 5.74) is 3.67. The lowest BCUT2D eigenvalue weighted by molar-refractivity contribution is -0.113. The van der Waals surface area contributed by atoms with Crippen molar-refractivity contribution in [1.29, 1.82) is 0 Å². The summed E-state index contributed by atoms with van der Waals surface area (Å²) in [4.78, 5) is 14.3. The fourth-order valence-electron chi connectivity index (χ4n) is 2.66. The highest BCUT2D eigenvalue weighted by Gasteiger charge is 2.14. The molecule has 0 saturated heterocycles. The quantitative estimate of drug-likeness (QED) is 0.610. The molecule has 0 unspecified atom stereocenters. The highest BCUT2D eigenvalue weighted by Crippen LogP contribution is 2.26. The molecule has 0 aliphatic rings. The first kappa shape index (κ1) is 20.2. The third-order valence-corrected chi connectivity index (χ3v) is 5.78. The van der Waals surface area contributed by atoms with Gasteiger partial charge in [0.25, 0.3) is 0 Å². The van der Waals surface area contributed by atoms with Crippen molar-refractivity contribution in [3.05, 3.63) is 53.1 Å². The molecule has 2 aromatic carbocycles. The Kier molecular flexibility index (Phi) is 6.26. The molecule has 3 aromatic rings. The molecule has 0 aliphatic heterocycles. The molecule has 28 heavy (non-hydrogen) atoms. The van der Waals surface area contributed by atoms with E-state index in [1.807, 2.05) is 73.9 Å². The van der Waals surface area contributed by atoms with Gasteiger partial charge in [-0.2, -0.15) is 0 Å². The molecule has 1 heterocycles. The number of amides is 1. The molecule has 146 valence electrons. The third kappa shape index (κ3) is 4.48. The summed E-state index contributed by atoms with van der Waals surface area (Å²) in [6.45, 7) is 1.88. The van der Waals surface area contributed by atoms with Crippen LogP contribution in [0.15, 0.2) is 47.6 Å². The lowest BCUT2D eigenvalue weighted by atomic mass is 10.2. The van der Waals surface area contributed by atoms with Crippen LogP contribution in [-0.2, 0) is 11.8 Å². The Morgan fingerprint density at radius 1 is 1.18 bits per heavy atom. The van der Waals surface area contributed by atoms with E-state index in [0.29, 0.717) is 10.2 Å². The zero-order valence-corrected chi connectivity index (χ0v) is 17.8. The molecule has 0 fully saturated rings. The van der Waals surface area contributed by atoms with Gasteiger partial charge in [0, 0.05) is 43.1 Å². The fraction of sp³-hybridized carbons (Fsp3) is 0.250. The van der Waals surface area contributed by atoms with Crippen LogP contribution in [0.3, 0.4) is 0 Å². The Balaban J connectivity index is 1.65. The van der Waals surface area contributed by atoms with Crippen molar-refractivity contribution in [3.63, 3.8) is 0 Å². The van der Waals surface area contributed by atoms with Crippen LogP contribution < -0.4 is 10.2 Å². The number of halogens is 1. The first-order valence-electron chi connectivity index (χ1n) is 8.71. The first-order chi connectivity index (χ1) is 13.4. The predicted molar refractivity (Wildman–Crippen MR) is 116 cm³/mol. The normalized spacial score (nSPS) is 10.8. The molecule has 0 saturated carbocycles. The standard InChI is InChI=1S/C20H22ClN5OS/c1-13-16(21)6-5-7-17(13)22-18(27)12-28-20-24-23-19(26(20)4)14-8-10-15(11-9-14)25(2)3/h5-11H,12H2,1-4H3,(H,22,27). The lowest BCUT2D eigenvalue weighted by Crippen LogP contribution is -2.15. The van der Waals surface area contributed by atoms with Gasteiger partial charge in [0.1, 0.15) is 0 Å². The Bertz CT molecular complexity index is 985. The summed E-state index contributed by atoms with van der Waals surface area (Å²) < 4.78 is 1.90. The molecule has 0 radical (unpaired) electrons. The molecule has 6 nitrogen and oxygen atoms in total. The molecule has 1 amide bonds. The van der Waals surface area contributed by atoms with Crippen molar-refractivity contribution in [2.45, 2.75) is 12.1 Å². The summed E-state index contributed by atoms with van der Waals surface area (Å²) in [7, 11) is 5.90. The third-order valence-electron chi connectivity index (χ3n) is 4.35. The van der Waals surface area contributed by atoms with Crippen molar-refractivity contribution < 1.29 is 4.79 Å². The average Bonchev–Trinajstić information content (AvgIpc) is 3.04. The average molecular weight is 416 g/mol. The summed E-state index contributed by atoms with van der Waals surface area (Å²) >= 11 is 7.44. The van der Waals surface area contributed by atoms with Gasteiger partial charge >= 0.3 is 0 Å². The number of benzene rings is 2. The number of anilines is 2. The molecular weight excluding hydrogens is 394 g/mol. The minimum absolute atomic E-state index is 0.116. The zero-order valence-electron chi connectivity index (χ0n) is 16.2. The van der Waals surface area contributed by atoms with Gasteiger partial charge in [0.15, 0.2) is 11.0 Å². The number of hydrogen-bond donors (Lipinski definition) is 1. The van der Waals surface area contributed by atoms with E-state index in [-0.39, 0.29) is 11.7 Å². The Morgan fingerprint density at radius 2 is 1.89 bits per heavy atom. The topological polar surface area (TPSA) is 63.1 Å². The van der Waals surface area contributed by atoms with Crippen molar-refractivity contribution in [2.75, 3.05) is 30.1 Å². The largest absolute Gasteiger partial charge is 0.378 e. The number of nitrogens with one attached hydrogen (secondary N) is 1. The van der Waals surface area contributed by atoms with E-state index >= 15 is 0 Å². The van der Waals surface area contributed by atoms with E-state index in [0.717, 1.165) is 28.3 Å². The van der Waals surface area contributed by atoms with Gasteiger partial charge < -0.3 is 14.8 Å². The number of thioether (sulfide) groups is 1. The van der Waals surface area contributed by atoms with Gasteiger partial charge in [-0.15, -0.1) is 10.2 Å². The Labute approximate surface area is 173 Å². The van der Waals surface area contributed by atoms with Gasteiger partial charge in [0.05, 0.1) is 5.75 Å². The minimum Gasteiger partial charge on any atom is -0.378 e. The minimum atomic E-state index is -0.116. The molecule has 0 aliphatic carbocycles. The molecule has 0 spiro atoms. The SMILES string of the molecule is Cc1c(Cl)cccc1NC(=O)CSc1nnc(-c2ccc(N(C)C)cc2)n1C. The lowest BCUT2D eigenvalue weighted by Gasteiger charge is -2.12. The van der Waals surface area contributed by atoms with Crippen LogP contribution in [-0.4, -0.2) is 40.5 Å². The summed E-state index contributed by atoms with van der Waals surface area (Å²) in [5, 5.41) is 12.7. The van der Waals surface area contributed by atoms with Crippen LogP contribution in [0.5, 0.6) is 0 Å². The Morgan fingerprint density at radius 3 is 2.57 bits per heavy atom. The monoisotopic (exact) mass is 415 g/mol. The van der Waals surface area contributed by atoms with Crippen LogP contribution in [0.2, 0.25) is 5.02 Å². The van der Waals surface area contributed by atoms with E-state index in [1.165, 1.54) is 11.8 Å². The maximum Gasteiger partial charge on any atom is 0.234 e. The van der Waals surface area contributed by atoms with E-state index < -0.39 is 0 Å². The molecule has 3 rings (SSSR count). The second-order valence-corrected chi connectivity index (χ2v) is 7.91. The van der Waals surface area contributed by atoms with Crippen LogP contribution >= 0.6 is 23.4 Å². The second-order valence-electron chi connectivity index (χ2n) is 6.56. The van der Waals surface area contributed by atoms with Crippen LogP contribution in [0.25, 0.3) is 11.4 Å². The van der Waals surface area contributed by atoms with Crippen molar-refractivity contribution in [2.24, 2.45) is 7.05 Å². The maximum absolute atomic E-state index is 12.3. The molecule has 1 N–H and O–H groups in total. The van der Waals surface area contributed by atoms with Gasteiger partial charge in [-0.3, -0.25) is 4.79 Å². The van der Waals surface area contributed by atoms with Crippen molar-refractivity contribution >= 4 is 40.6 Å². The molecule has 1 aromatic heterocycles. The number of nitrogens with zero attached hydrogens (tertiary/aromatic N) is 4. The van der Waals surface area contributed by atoms with Gasteiger partial charge in [-0.1, -0.05) is 29.4 Å². The molecule has 0 atom stereocenters. The van der Waals surface area contributed by atoms with Crippen molar-refractivity contribution in [1.82, 2.24) is 14.8 Å². The fourth-order valence-corrected chi connectivity index (χ4v) is 3.55. The first-order valence-corrected chi connectivity index (χ1v) is 10.1. The number of aromatic nitrogens is 3. The number of carbonyl (C=O) groups is 1. The molecule has 8 heteroatoms. The van der Waals surface area contributed by atoms with Gasteiger partial charge in [0.2, 0.25) is 5.91 Å². The maximum atomic E-state index is 12.3. The Hall–Kier alpha value is -2.51. The molecule has 0 bridgehead atoms. The molecular formula is C20H22ClN5OS. The van der Waals surface area contributed by atoms with Crippen LogP contribution in [0, 0.1) is 6.92 Å². The number of carbonyl (C=O) groups excluding carboxylic acids is 1. The zero-order chi connectivity index (χ0) is 20.3. The van der Waals surface area contributed by atoms with Crippen LogP contribution in [0.4, 0.5) is 11.4 Å². The van der Waals surface area contributed by atoms with E-state index in [4.69, 9.17) is 11.6 Å². The van der Waals surface area contributed by atoms with Gasteiger partial charge in [-0.05, 0) is 48.9 Å². The van der Waals surface area contributed by atoms with Crippen LogP contribution in [0.1, 0.15) is 5.56 Å². The van der Waals surface area contributed by atoms with E-state index in [1.54, 1.807) is 6.07 Å². The summed E-state index contributed by atoms with van der Waals surface area (Å²) in [5.74, 6) is 0.881. The summed E-state index contributed by atoms with van der Waals surface area (Å²) in [6, 6.07) is 13.6. The second kappa shape index (κ2) is 8.67. The highest BCUT2D eigenvalue weighted by molar-refractivity contribution is 7.99. The number of hydrogen-bond acceptors (Lipinski definition) is 5. The van der Waals surface area contributed by atoms with E-state index in [9.17, 15) is 4.79 Å². The predicted octanol–water partition coefficient (Wildman–Crippen LogP) is 4.24.